The number of para-hydroxylation sites is 1. The van der Waals surface area contributed by atoms with Gasteiger partial charge in [0.15, 0.2) is 5.75 Å². The molecule has 0 aliphatic carbocycles. The van der Waals surface area contributed by atoms with Gasteiger partial charge in [-0.1, -0.05) is 35.9 Å². The first-order valence-electron chi connectivity index (χ1n) is 6.46. The molecule has 2 aromatic rings. The third-order valence-corrected chi connectivity index (χ3v) is 3.56. The maximum absolute atomic E-state index is 12.5. The van der Waals surface area contributed by atoms with E-state index in [0.29, 0.717) is 28.6 Å². The number of rotatable bonds is 4. The zero-order valence-corrected chi connectivity index (χ0v) is 12.7. The van der Waals surface area contributed by atoms with Crippen LogP contribution in [0.15, 0.2) is 42.5 Å². The molecule has 110 valence electrons. The van der Waals surface area contributed by atoms with Crippen LogP contribution in [0.5, 0.6) is 5.75 Å². The molecule has 0 saturated heterocycles. The largest absolute Gasteiger partial charge is 0.494 e. The van der Waals surface area contributed by atoms with E-state index in [1.165, 1.54) is 7.11 Å². The fraction of sp³-hybridized carbons (Fsp3) is 0.188. The highest BCUT2D eigenvalue weighted by atomic mass is 35.5. The molecule has 1 amide bonds. The topological polar surface area (TPSA) is 55.6 Å². The Kier molecular flexibility index (Phi) is 4.70. The van der Waals surface area contributed by atoms with E-state index < -0.39 is 0 Å². The van der Waals surface area contributed by atoms with Gasteiger partial charge in [-0.25, -0.2) is 0 Å². The van der Waals surface area contributed by atoms with E-state index >= 15 is 0 Å². The molecule has 0 saturated carbocycles. The fourth-order valence-electron chi connectivity index (χ4n) is 2.11. The Balaban J connectivity index is 2.24. The lowest BCUT2D eigenvalue weighted by molar-refractivity contribution is 0.0782. The number of amides is 1. The first-order valence-corrected chi connectivity index (χ1v) is 6.83. The number of carbonyl (C=O) groups excluding carboxylic acids is 1. The summed E-state index contributed by atoms with van der Waals surface area (Å²) in [4.78, 5) is 14.1. The van der Waals surface area contributed by atoms with Crippen molar-refractivity contribution in [2.75, 3.05) is 19.9 Å². The number of benzene rings is 2. The minimum atomic E-state index is -0.168. The van der Waals surface area contributed by atoms with Crippen LogP contribution in [0.4, 0.5) is 5.69 Å². The lowest BCUT2D eigenvalue weighted by Crippen LogP contribution is -2.27. The van der Waals surface area contributed by atoms with E-state index in [-0.39, 0.29) is 5.91 Å². The van der Waals surface area contributed by atoms with Crippen LogP contribution >= 0.6 is 11.6 Å². The van der Waals surface area contributed by atoms with Gasteiger partial charge in [0.1, 0.15) is 0 Å². The van der Waals surface area contributed by atoms with E-state index in [9.17, 15) is 4.79 Å². The number of hydrogen-bond acceptors (Lipinski definition) is 3. The molecule has 2 rings (SSSR count). The van der Waals surface area contributed by atoms with Gasteiger partial charge in [0.05, 0.1) is 18.4 Å². The number of nitrogens with zero attached hydrogens (tertiary/aromatic N) is 1. The quantitative estimate of drug-likeness (QED) is 0.883. The highest BCUT2D eigenvalue weighted by Gasteiger charge is 2.18. The SMILES string of the molecule is COc1c(N)cccc1C(=O)N(C)Cc1ccccc1Cl. The smallest absolute Gasteiger partial charge is 0.257 e. The highest BCUT2D eigenvalue weighted by molar-refractivity contribution is 6.31. The van der Waals surface area contributed by atoms with Gasteiger partial charge in [0.2, 0.25) is 0 Å². The summed E-state index contributed by atoms with van der Waals surface area (Å²) in [6.07, 6.45) is 0. The van der Waals surface area contributed by atoms with Crippen molar-refractivity contribution in [2.24, 2.45) is 0 Å². The summed E-state index contributed by atoms with van der Waals surface area (Å²) in [5.74, 6) is 0.229. The number of nitrogens with two attached hydrogens (primary N) is 1. The standard InChI is InChI=1S/C16H17ClN2O2/c1-19(10-11-6-3-4-8-13(11)17)16(20)12-7-5-9-14(18)15(12)21-2/h3-9H,10,18H2,1-2H3. The first-order chi connectivity index (χ1) is 10.0. The summed E-state index contributed by atoms with van der Waals surface area (Å²) in [6, 6.07) is 12.6. The molecule has 0 atom stereocenters. The van der Waals surface area contributed by atoms with Crippen molar-refractivity contribution in [1.29, 1.82) is 0 Å². The molecular weight excluding hydrogens is 288 g/mol. The molecule has 21 heavy (non-hydrogen) atoms. The monoisotopic (exact) mass is 304 g/mol. The van der Waals surface area contributed by atoms with E-state index in [1.807, 2.05) is 18.2 Å². The number of anilines is 1. The molecule has 0 aliphatic rings. The van der Waals surface area contributed by atoms with Gasteiger partial charge in [-0.05, 0) is 23.8 Å². The van der Waals surface area contributed by atoms with Gasteiger partial charge in [-0.15, -0.1) is 0 Å². The summed E-state index contributed by atoms with van der Waals surface area (Å²) >= 11 is 6.12. The average Bonchev–Trinajstić information content (AvgIpc) is 2.48. The first kappa shape index (κ1) is 15.2. The van der Waals surface area contributed by atoms with Crippen LogP contribution in [0.25, 0.3) is 0 Å². The van der Waals surface area contributed by atoms with Gasteiger partial charge in [0.25, 0.3) is 5.91 Å². The summed E-state index contributed by atoms with van der Waals surface area (Å²) in [6.45, 7) is 0.413. The zero-order chi connectivity index (χ0) is 15.4. The molecule has 0 radical (unpaired) electrons. The van der Waals surface area contributed by atoms with Gasteiger partial charge >= 0.3 is 0 Å². The molecule has 0 spiro atoms. The molecule has 0 bridgehead atoms. The summed E-state index contributed by atoms with van der Waals surface area (Å²) in [5, 5.41) is 0.636. The minimum absolute atomic E-state index is 0.168. The van der Waals surface area contributed by atoms with Crippen molar-refractivity contribution < 1.29 is 9.53 Å². The number of carbonyl (C=O) groups is 1. The van der Waals surface area contributed by atoms with E-state index in [0.717, 1.165) is 5.56 Å². The number of halogens is 1. The highest BCUT2D eigenvalue weighted by Crippen LogP contribution is 2.27. The van der Waals surface area contributed by atoms with Crippen molar-refractivity contribution in [2.45, 2.75) is 6.54 Å². The van der Waals surface area contributed by atoms with E-state index in [1.54, 1.807) is 36.2 Å². The molecular formula is C16H17ClN2O2. The Morgan fingerprint density at radius 2 is 1.95 bits per heavy atom. The molecule has 0 unspecified atom stereocenters. The van der Waals surface area contributed by atoms with Crippen LogP contribution in [0.1, 0.15) is 15.9 Å². The summed E-state index contributed by atoms with van der Waals surface area (Å²) in [7, 11) is 3.21. The second-order valence-electron chi connectivity index (χ2n) is 4.68. The number of methoxy groups -OCH3 is 1. The predicted octanol–water partition coefficient (Wildman–Crippen LogP) is 3.20. The Hall–Kier alpha value is -2.20. The van der Waals surface area contributed by atoms with Gasteiger partial charge < -0.3 is 15.4 Å². The van der Waals surface area contributed by atoms with Crippen molar-refractivity contribution in [1.82, 2.24) is 4.90 Å². The van der Waals surface area contributed by atoms with Gasteiger partial charge in [-0.2, -0.15) is 0 Å². The third kappa shape index (κ3) is 3.28. The zero-order valence-electron chi connectivity index (χ0n) is 12.0. The van der Waals surface area contributed by atoms with Gasteiger partial charge in [0, 0.05) is 18.6 Å². The normalized spacial score (nSPS) is 10.2. The molecule has 5 heteroatoms. The second kappa shape index (κ2) is 6.50. The Bertz CT molecular complexity index is 658. The maximum Gasteiger partial charge on any atom is 0.257 e. The molecule has 2 aromatic carbocycles. The van der Waals surface area contributed by atoms with Gasteiger partial charge in [-0.3, -0.25) is 4.79 Å². The maximum atomic E-state index is 12.5. The van der Waals surface area contributed by atoms with E-state index in [4.69, 9.17) is 22.1 Å². The lowest BCUT2D eigenvalue weighted by Gasteiger charge is -2.20. The van der Waals surface area contributed by atoms with Crippen molar-refractivity contribution in [3.05, 3.63) is 58.6 Å². The van der Waals surface area contributed by atoms with Crippen LogP contribution < -0.4 is 10.5 Å². The Morgan fingerprint density at radius 1 is 1.24 bits per heavy atom. The van der Waals surface area contributed by atoms with Crippen LogP contribution in [0, 0.1) is 0 Å². The van der Waals surface area contributed by atoms with Crippen molar-refractivity contribution in [3.8, 4) is 5.75 Å². The number of hydrogen-bond donors (Lipinski definition) is 1. The Morgan fingerprint density at radius 3 is 2.62 bits per heavy atom. The van der Waals surface area contributed by atoms with Crippen LogP contribution in [0.2, 0.25) is 5.02 Å². The van der Waals surface area contributed by atoms with Crippen molar-refractivity contribution >= 4 is 23.2 Å². The number of ether oxygens (including phenoxy) is 1. The van der Waals surface area contributed by atoms with E-state index in [2.05, 4.69) is 0 Å². The second-order valence-corrected chi connectivity index (χ2v) is 5.09. The fourth-order valence-corrected chi connectivity index (χ4v) is 2.31. The molecule has 0 heterocycles. The molecule has 0 aromatic heterocycles. The summed E-state index contributed by atoms with van der Waals surface area (Å²) < 4.78 is 5.22. The van der Waals surface area contributed by atoms with Crippen molar-refractivity contribution in [3.63, 3.8) is 0 Å². The molecule has 2 N–H and O–H groups in total. The minimum Gasteiger partial charge on any atom is -0.494 e. The third-order valence-electron chi connectivity index (χ3n) is 3.19. The number of nitrogen functional groups attached to an aromatic ring is 1. The lowest BCUT2D eigenvalue weighted by atomic mass is 10.1. The molecule has 0 aliphatic heterocycles. The van der Waals surface area contributed by atoms with Crippen LogP contribution in [-0.4, -0.2) is 25.0 Å². The summed E-state index contributed by atoms with van der Waals surface area (Å²) in [5.41, 5.74) is 7.59. The molecule has 4 nitrogen and oxygen atoms in total. The average molecular weight is 305 g/mol. The van der Waals surface area contributed by atoms with Crippen LogP contribution in [-0.2, 0) is 6.54 Å². The Labute approximate surface area is 129 Å². The van der Waals surface area contributed by atoms with Crippen LogP contribution in [0.3, 0.4) is 0 Å². The molecule has 0 fully saturated rings. The predicted molar refractivity (Wildman–Crippen MR) is 84.7 cm³/mol.